The van der Waals surface area contributed by atoms with Gasteiger partial charge in [-0.1, -0.05) is 0 Å². The van der Waals surface area contributed by atoms with Gasteiger partial charge in [0, 0.05) is 24.1 Å². The summed E-state index contributed by atoms with van der Waals surface area (Å²) >= 11 is 0. The molecule has 0 bridgehead atoms. The van der Waals surface area contributed by atoms with Crippen LogP contribution in [0.2, 0.25) is 0 Å². The number of anilines is 1. The van der Waals surface area contributed by atoms with Gasteiger partial charge < -0.3 is 22.6 Å². The molecule has 0 amide bonds. The van der Waals surface area contributed by atoms with Gasteiger partial charge in [0.2, 0.25) is 0 Å². The smallest absolute Gasteiger partial charge is 0.127 e. The second kappa shape index (κ2) is 9.06. The molecule has 0 atom stereocenters. The Bertz CT molecular complexity index is 1190. The van der Waals surface area contributed by atoms with Crippen LogP contribution in [-0.4, -0.2) is 0 Å². The monoisotopic (exact) mass is 431 g/mol. The average Bonchev–Trinajstić information content (AvgIpc) is 3.60. The molecule has 0 saturated heterocycles. The van der Waals surface area contributed by atoms with Gasteiger partial charge in [-0.2, -0.15) is 0 Å². The van der Waals surface area contributed by atoms with Gasteiger partial charge in [0.1, 0.15) is 28.9 Å². The Hall–Kier alpha value is -3.93. The maximum absolute atomic E-state index is 15.1. The van der Waals surface area contributed by atoms with E-state index in [0.717, 1.165) is 28.5 Å². The number of halogens is 1. The molecule has 0 spiro atoms. The van der Waals surface area contributed by atoms with Crippen molar-refractivity contribution in [2.45, 2.75) is 25.9 Å². The predicted molar refractivity (Wildman–Crippen MR) is 117 cm³/mol. The summed E-state index contributed by atoms with van der Waals surface area (Å²) in [6.07, 6.45) is 7.32. The van der Waals surface area contributed by atoms with Crippen LogP contribution >= 0.6 is 0 Å². The number of hydrogen-bond donors (Lipinski definition) is 0. The molecule has 0 N–H and O–H groups in total. The molecule has 0 aliphatic carbocycles. The summed E-state index contributed by atoms with van der Waals surface area (Å²) in [6.45, 7) is 1.01. The van der Waals surface area contributed by atoms with Gasteiger partial charge in [-0.05, 0) is 66.2 Å². The molecule has 4 aromatic heterocycles. The van der Waals surface area contributed by atoms with Gasteiger partial charge in [0.05, 0.1) is 38.1 Å². The largest absolute Gasteiger partial charge is 0.469 e. The highest BCUT2D eigenvalue weighted by molar-refractivity contribution is 5.59. The van der Waals surface area contributed by atoms with Crippen LogP contribution in [0, 0.1) is 5.82 Å². The van der Waals surface area contributed by atoms with Crippen molar-refractivity contribution in [2.75, 3.05) is 4.90 Å². The summed E-state index contributed by atoms with van der Waals surface area (Å²) in [7, 11) is 0. The Morgan fingerprint density at radius 1 is 0.562 bits per heavy atom. The van der Waals surface area contributed by atoms with Crippen LogP contribution in [0.3, 0.4) is 0 Å². The summed E-state index contributed by atoms with van der Waals surface area (Å²) in [5.74, 6) is 2.79. The van der Waals surface area contributed by atoms with Crippen molar-refractivity contribution < 1.29 is 22.1 Å². The summed E-state index contributed by atoms with van der Waals surface area (Å²) in [5.41, 5.74) is 2.31. The van der Waals surface area contributed by atoms with E-state index >= 15 is 4.39 Å². The maximum atomic E-state index is 15.1. The van der Waals surface area contributed by atoms with Gasteiger partial charge in [-0.15, -0.1) is 0 Å². The van der Waals surface area contributed by atoms with Crippen molar-refractivity contribution in [3.05, 3.63) is 126 Å². The van der Waals surface area contributed by atoms with Crippen molar-refractivity contribution >= 4 is 5.69 Å². The topological polar surface area (TPSA) is 55.8 Å². The Balaban J connectivity index is 1.60. The molecule has 0 saturated carbocycles. The van der Waals surface area contributed by atoms with Gasteiger partial charge in [-0.3, -0.25) is 0 Å². The molecule has 0 radical (unpaired) electrons. The van der Waals surface area contributed by atoms with Crippen molar-refractivity contribution in [2.24, 2.45) is 0 Å². The van der Waals surface area contributed by atoms with E-state index in [1.807, 2.05) is 54.6 Å². The van der Waals surface area contributed by atoms with E-state index in [1.54, 1.807) is 25.1 Å². The number of nitrogens with zero attached hydrogens (tertiary/aromatic N) is 1. The predicted octanol–water partition coefficient (Wildman–Crippen LogP) is 6.59. The summed E-state index contributed by atoms with van der Waals surface area (Å²) < 4.78 is 37.5. The normalized spacial score (nSPS) is 11.2. The molecule has 0 unspecified atom stereocenters. The number of hydrogen-bond acceptors (Lipinski definition) is 5. The van der Waals surface area contributed by atoms with Gasteiger partial charge in [0.25, 0.3) is 0 Å². The lowest BCUT2D eigenvalue weighted by Gasteiger charge is -2.27. The van der Waals surface area contributed by atoms with Crippen LogP contribution in [0.1, 0.15) is 34.2 Å². The molecule has 4 heterocycles. The molecule has 5 rings (SSSR count). The zero-order chi connectivity index (χ0) is 21.8. The van der Waals surface area contributed by atoms with Crippen molar-refractivity contribution in [3.63, 3.8) is 0 Å². The van der Waals surface area contributed by atoms with Crippen LogP contribution in [0.25, 0.3) is 0 Å². The highest BCUT2D eigenvalue weighted by Gasteiger charge is 2.22. The fourth-order valence-corrected chi connectivity index (χ4v) is 3.92. The SMILES string of the molecule is Fc1ccc(N(Cc2ccco2)Cc2ccco2)c(Cc2ccco2)c1Cc1ccco1. The highest BCUT2D eigenvalue weighted by Crippen LogP contribution is 2.33. The van der Waals surface area contributed by atoms with Crippen LogP contribution in [0.15, 0.2) is 103 Å². The number of benzene rings is 1. The first-order chi connectivity index (χ1) is 15.8. The number of rotatable bonds is 9. The standard InChI is InChI=1S/C26H22FNO4/c27-25-9-10-26(28(17-21-7-3-13-31-21)18-22-8-4-14-32-22)24(16-20-6-2-12-30-20)23(25)15-19-5-1-11-29-19/h1-14H,15-18H2. The lowest BCUT2D eigenvalue weighted by atomic mass is 9.96. The van der Waals surface area contributed by atoms with E-state index in [1.165, 1.54) is 6.07 Å². The second-order valence-electron chi connectivity index (χ2n) is 7.55. The first-order valence-corrected chi connectivity index (χ1v) is 10.4. The molecule has 0 aliphatic heterocycles. The summed E-state index contributed by atoms with van der Waals surface area (Å²) in [5, 5.41) is 0. The van der Waals surface area contributed by atoms with E-state index < -0.39 is 0 Å². The van der Waals surface area contributed by atoms with Gasteiger partial charge in [-0.25, -0.2) is 4.39 Å². The Morgan fingerprint density at radius 3 is 1.50 bits per heavy atom. The third-order valence-electron chi connectivity index (χ3n) is 5.41. The summed E-state index contributed by atoms with van der Waals surface area (Å²) in [6, 6.07) is 18.3. The molecule has 162 valence electrons. The lowest BCUT2D eigenvalue weighted by Crippen LogP contribution is -2.24. The molecule has 1 aromatic carbocycles. The minimum atomic E-state index is -0.275. The quantitative estimate of drug-likeness (QED) is 0.264. The fraction of sp³-hybridized carbons (Fsp3) is 0.154. The molecule has 5 nitrogen and oxygen atoms in total. The summed E-state index contributed by atoms with van der Waals surface area (Å²) in [4.78, 5) is 2.13. The molecule has 32 heavy (non-hydrogen) atoms. The van der Waals surface area contributed by atoms with E-state index in [-0.39, 0.29) is 5.82 Å². The molecule has 6 heteroatoms. The third kappa shape index (κ3) is 4.39. The zero-order valence-electron chi connectivity index (χ0n) is 17.4. The lowest BCUT2D eigenvalue weighted by molar-refractivity contribution is 0.475. The van der Waals surface area contributed by atoms with E-state index in [0.29, 0.717) is 37.3 Å². The zero-order valence-corrected chi connectivity index (χ0v) is 17.4. The molecule has 5 aromatic rings. The average molecular weight is 431 g/mol. The van der Waals surface area contributed by atoms with Crippen LogP contribution in [0.5, 0.6) is 0 Å². The first-order valence-electron chi connectivity index (χ1n) is 10.4. The Labute approximate surface area is 184 Å². The van der Waals surface area contributed by atoms with Crippen LogP contribution < -0.4 is 4.90 Å². The maximum Gasteiger partial charge on any atom is 0.127 e. The van der Waals surface area contributed by atoms with Gasteiger partial charge in [0.15, 0.2) is 0 Å². The van der Waals surface area contributed by atoms with E-state index in [2.05, 4.69) is 4.90 Å². The van der Waals surface area contributed by atoms with Crippen molar-refractivity contribution in [1.82, 2.24) is 0 Å². The van der Waals surface area contributed by atoms with E-state index in [4.69, 9.17) is 17.7 Å². The Morgan fingerprint density at radius 2 is 1.03 bits per heavy atom. The highest BCUT2D eigenvalue weighted by atomic mass is 19.1. The second-order valence-corrected chi connectivity index (χ2v) is 7.55. The molecular weight excluding hydrogens is 409 g/mol. The molecule has 0 aliphatic rings. The Kier molecular flexibility index (Phi) is 5.66. The molecule has 0 fully saturated rings. The fourth-order valence-electron chi connectivity index (χ4n) is 3.92. The van der Waals surface area contributed by atoms with Crippen LogP contribution in [0.4, 0.5) is 10.1 Å². The van der Waals surface area contributed by atoms with Crippen molar-refractivity contribution in [3.8, 4) is 0 Å². The van der Waals surface area contributed by atoms with Gasteiger partial charge >= 0.3 is 0 Å². The minimum Gasteiger partial charge on any atom is -0.469 e. The molecular formula is C26H22FNO4. The van der Waals surface area contributed by atoms with Crippen LogP contribution in [-0.2, 0) is 25.9 Å². The first kappa shape index (κ1) is 20.0. The third-order valence-corrected chi connectivity index (χ3v) is 5.41. The minimum absolute atomic E-state index is 0.275. The van der Waals surface area contributed by atoms with Crippen molar-refractivity contribution in [1.29, 1.82) is 0 Å². The number of furan rings is 4. The van der Waals surface area contributed by atoms with E-state index in [9.17, 15) is 0 Å².